The number of methoxy groups -OCH3 is 1. The number of carbonyl (C=O) groups is 2. The standard InChI is InChI=1S/C11H10N4O4/c1-19-6-2-3-7(11(17)18)8(4-6)13-10(16)9-5-12-15-14-9/h2-5H,1H3,(H,13,16)(H,17,18)(H,12,14,15). The first-order chi connectivity index (χ1) is 9.11. The van der Waals surface area contributed by atoms with Crippen molar-refractivity contribution in [1.29, 1.82) is 0 Å². The second-order valence-corrected chi connectivity index (χ2v) is 3.53. The number of hydrogen-bond acceptors (Lipinski definition) is 5. The molecule has 0 bridgehead atoms. The minimum atomic E-state index is -1.15. The highest BCUT2D eigenvalue weighted by Crippen LogP contribution is 2.23. The Bertz CT molecular complexity index is 609. The Morgan fingerprint density at radius 3 is 2.79 bits per heavy atom. The number of H-pyrrole nitrogens is 1. The summed E-state index contributed by atoms with van der Waals surface area (Å²) in [5, 5.41) is 20.9. The summed E-state index contributed by atoms with van der Waals surface area (Å²) in [4.78, 5) is 22.8. The van der Waals surface area contributed by atoms with Gasteiger partial charge in [0, 0.05) is 6.07 Å². The fourth-order valence-electron chi connectivity index (χ4n) is 1.44. The number of carbonyl (C=O) groups excluding carboxylic acids is 1. The highest BCUT2D eigenvalue weighted by Gasteiger charge is 2.15. The molecule has 2 aromatic rings. The Morgan fingerprint density at radius 2 is 2.21 bits per heavy atom. The van der Waals surface area contributed by atoms with Crippen LogP contribution in [0.2, 0.25) is 0 Å². The lowest BCUT2D eigenvalue weighted by atomic mass is 10.1. The maximum absolute atomic E-state index is 11.8. The number of aromatic carboxylic acids is 1. The van der Waals surface area contributed by atoms with Gasteiger partial charge in [-0.05, 0) is 12.1 Å². The van der Waals surface area contributed by atoms with Crippen LogP contribution in [0.15, 0.2) is 24.4 Å². The zero-order valence-electron chi connectivity index (χ0n) is 9.88. The van der Waals surface area contributed by atoms with Crippen LogP contribution in [0.5, 0.6) is 5.75 Å². The van der Waals surface area contributed by atoms with Gasteiger partial charge in [-0.3, -0.25) is 4.79 Å². The molecule has 0 aliphatic heterocycles. The van der Waals surface area contributed by atoms with Crippen molar-refractivity contribution in [2.24, 2.45) is 0 Å². The lowest BCUT2D eigenvalue weighted by Gasteiger charge is -2.09. The number of aromatic amines is 1. The van der Waals surface area contributed by atoms with Crippen LogP contribution in [0.1, 0.15) is 20.8 Å². The van der Waals surface area contributed by atoms with Crippen molar-refractivity contribution < 1.29 is 19.4 Å². The van der Waals surface area contributed by atoms with Gasteiger partial charge < -0.3 is 15.2 Å². The number of carboxylic acids is 1. The number of amides is 1. The minimum absolute atomic E-state index is 0.0438. The largest absolute Gasteiger partial charge is 0.497 e. The van der Waals surface area contributed by atoms with Gasteiger partial charge in [0.2, 0.25) is 0 Å². The van der Waals surface area contributed by atoms with Crippen LogP contribution in [0.3, 0.4) is 0 Å². The summed E-state index contributed by atoms with van der Waals surface area (Å²) in [6, 6.07) is 4.26. The first-order valence-electron chi connectivity index (χ1n) is 5.20. The van der Waals surface area contributed by atoms with Crippen LogP contribution < -0.4 is 10.1 Å². The van der Waals surface area contributed by atoms with Gasteiger partial charge in [-0.25, -0.2) is 4.79 Å². The van der Waals surface area contributed by atoms with Crippen molar-refractivity contribution >= 4 is 17.6 Å². The molecule has 1 amide bonds. The molecule has 0 saturated carbocycles. The van der Waals surface area contributed by atoms with Crippen molar-refractivity contribution in [3.05, 3.63) is 35.7 Å². The molecule has 1 aromatic heterocycles. The number of rotatable bonds is 4. The van der Waals surface area contributed by atoms with E-state index < -0.39 is 11.9 Å². The molecule has 2 rings (SSSR count). The van der Waals surface area contributed by atoms with E-state index in [0.717, 1.165) is 0 Å². The lowest BCUT2D eigenvalue weighted by Crippen LogP contribution is -2.15. The van der Waals surface area contributed by atoms with E-state index in [9.17, 15) is 9.59 Å². The molecule has 8 nitrogen and oxygen atoms in total. The van der Waals surface area contributed by atoms with Gasteiger partial charge in [-0.2, -0.15) is 15.4 Å². The maximum atomic E-state index is 11.8. The SMILES string of the molecule is COc1ccc(C(=O)O)c(NC(=O)c2cn[nH]n2)c1. The molecule has 0 saturated heterocycles. The zero-order chi connectivity index (χ0) is 13.8. The van der Waals surface area contributed by atoms with Crippen molar-refractivity contribution in [2.75, 3.05) is 12.4 Å². The van der Waals surface area contributed by atoms with E-state index in [2.05, 4.69) is 20.7 Å². The second-order valence-electron chi connectivity index (χ2n) is 3.53. The van der Waals surface area contributed by atoms with Crippen LogP contribution in [-0.4, -0.2) is 39.5 Å². The van der Waals surface area contributed by atoms with Crippen molar-refractivity contribution in [3.8, 4) is 5.75 Å². The molecule has 0 spiro atoms. The average Bonchev–Trinajstić information content (AvgIpc) is 2.92. The van der Waals surface area contributed by atoms with Gasteiger partial charge >= 0.3 is 5.97 Å². The molecule has 19 heavy (non-hydrogen) atoms. The Labute approximate surface area is 107 Å². The van der Waals surface area contributed by atoms with E-state index in [1.54, 1.807) is 0 Å². The number of hydrogen-bond donors (Lipinski definition) is 3. The number of carboxylic acid groups (broad SMARTS) is 1. The maximum Gasteiger partial charge on any atom is 0.337 e. The van der Waals surface area contributed by atoms with E-state index in [1.807, 2.05) is 0 Å². The van der Waals surface area contributed by atoms with Crippen LogP contribution in [0.4, 0.5) is 5.69 Å². The molecular formula is C11H10N4O4. The first kappa shape index (κ1) is 12.6. The van der Waals surface area contributed by atoms with E-state index >= 15 is 0 Å². The fraction of sp³-hybridized carbons (Fsp3) is 0.0909. The van der Waals surface area contributed by atoms with Crippen LogP contribution in [-0.2, 0) is 0 Å². The quantitative estimate of drug-likeness (QED) is 0.748. The fourth-order valence-corrected chi connectivity index (χ4v) is 1.44. The third-order valence-electron chi connectivity index (χ3n) is 2.35. The highest BCUT2D eigenvalue weighted by atomic mass is 16.5. The number of nitrogens with zero attached hydrogens (tertiary/aromatic N) is 2. The predicted octanol–water partition coefficient (Wildman–Crippen LogP) is 0.764. The molecule has 3 N–H and O–H groups in total. The van der Waals surface area contributed by atoms with Gasteiger partial charge in [0.15, 0.2) is 5.69 Å². The summed E-state index contributed by atoms with van der Waals surface area (Å²) in [6.07, 6.45) is 1.23. The molecule has 1 heterocycles. The molecule has 0 unspecified atom stereocenters. The van der Waals surface area contributed by atoms with Crippen LogP contribution >= 0.6 is 0 Å². The van der Waals surface area contributed by atoms with Crippen molar-refractivity contribution in [3.63, 3.8) is 0 Å². The number of nitrogens with one attached hydrogen (secondary N) is 2. The summed E-state index contributed by atoms with van der Waals surface area (Å²) in [6.45, 7) is 0. The molecule has 98 valence electrons. The van der Waals surface area contributed by atoms with Crippen molar-refractivity contribution in [1.82, 2.24) is 15.4 Å². The molecule has 0 aliphatic carbocycles. The van der Waals surface area contributed by atoms with Crippen molar-refractivity contribution in [2.45, 2.75) is 0 Å². The van der Waals surface area contributed by atoms with Gasteiger partial charge in [0.25, 0.3) is 5.91 Å². The van der Waals surface area contributed by atoms with Crippen LogP contribution in [0.25, 0.3) is 0 Å². The minimum Gasteiger partial charge on any atom is -0.497 e. The molecule has 8 heteroatoms. The third kappa shape index (κ3) is 2.68. The molecule has 0 radical (unpaired) electrons. The summed E-state index contributed by atoms with van der Waals surface area (Å²) < 4.78 is 4.98. The smallest absolute Gasteiger partial charge is 0.337 e. The molecule has 0 atom stereocenters. The van der Waals surface area contributed by atoms with E-state index in [-0.39, 0.29) is 16.9 Å². The number of ether oxygens (including phenoxy) is 1. The lowest BCUT2D eigenvalue weighted by molar-refractivity contribution is 0.0698. The number of aromatic nitrogens is 3. The average molecular weight is 262 g/mol. The third-order valence-corrected chi connectivity index (χ3v) is 2.35. The summed E-state index contributed by atoms with van der Waals surface area (Å²) in [5.41, 5.74) is 0.136. The van der Waals surface area contributed by atoms with E-state index in [1.165, 1.54) is 31.5 Å². The summed E-state index contributed by atoms with van der Waals surface area (Å²) in [5.74, 6) is -1.29. The van der Waals surface area contributed by atoms with Gasteiger partial charge in [-0.15, -0.1) is 0 Å². The second kappa shape index (κ2) is 5.17. The molecule has 0 aliphatic rings. The summed E-state index contributed by atoms with van der Waals surface area (Å²) in [7, 11) is 1.44. The molecule has 0 fully saturated rings. The van der Waals surface area contributed by atoms with Gasteiger partial charge in [0.1, 0.15) is 5.75 Å². The number of benzene rings is 1. The normalized spacial score (nSPS) is 9.95. The van der Waals surface area contributed by atoms with E-state index in [4.69, 9.17) is 9.84 Å². The first-order valence-corrected chi connectivity index (χ1v) is 5.20. The number of anilines is 1. The Morgan fingerprint density at radius 1 is 1.42 bits per heavy atom. The van der Waals surface area contributed by atoms with Gasteiger partial charge in [-0.1, -0.05) is 0 Å². The van der Waals surface area contributed by atoms with Gasteiger partial charge in [0.05, 0.1) is 24.6 Å². The Kier molecular flexibility index (Phi) is 3.42. The van der Waals surface area contributed by atoms with E-state index in [0.29, 0.717) is 5.75 Å². The molecule has 1 aromatic carbocycles. The zero-order valence-corrected chi connectivity index (χ0v) is 9.88. The van der Waals surface area contributed by atoms with Crippen LogP contribution in [0, 0.1) is 0 Å². The summed E-state index contributed by atoms with van der Waals surface area (Å²) >= 11 is 0. The monoisotopic (exact) mass is 262 g/mol. The molecular weight excluding hydrogens is 252 g/mol. The Balaban J connectivity index is 2.32. The predicted molar refractivity (Wildman–Crippen MR) is 64.3 cm³/mol. The topological polar surface area (TPSA) is 117 Å². The Hall–Kier alpha value is -2.90. The highest BCUT2D eigenvalue weighted by molar-refractivity contribution is 6.06.